The third kappa shape index (κ3) is 4.61. The Morgan fingerprint density at radius 1 is 1.19 bits per heavy atom. The van der Waals surface area contributed by atoms with Crippen molar-refractivity contribution in [1.82, 2.24) is 9.78 Å². The van der Waals surface area contributed by atoms with Gasteiger partial charge in [0.15, 0.2) is 17.3 Å². The molecule has 0 radical (unpaired) electrons. The zero-order valence-electron chi connectivity index (χ0n) is 17.9. The number of hydrogen-bond acceptors (Lipinski definition) is 6. The molecule has 0 fully saturated rings. The van der Waals surface area contributed by atoms with Crippen LogP contribution in [0.2, 0.25) is 0 Å². The van der Waals surface area contributed by atoms with Crippen molar-refractivity contribution in [3.63, 3.8) is 0 Å². The van der Waals surface area contributed by atoms with E-state index >= 15 is 0 Å². The molecule has 1 aromatic heterocycles. The highest BCUT2D eigenvalue weighted by molar-refractivity contribution is 5.95. The predicted molar refractivity (Wildman–Crippen MR) is 120 cm³/mol. The van der Waals surface area contributed by atoms with Gasteiger partial charge in [-0.25, -0.2) is 4.68 Å². The number of nitriles is 2. The zero-order valence-corrected chi connectivity index (χ0v) is 17.9. The van der Waals surface area contributed by atoms with Gasteiger partial charge in [0.05, 0.1) is 25.0 Å². The summed E-state index contributed by atoms with van der Waals surface area (Å²) in [6.45, 7) is 3.66. The fourth-order valence-electron chi connectivity index (χ4n) is 3.12. The monoisotopic (exact) mass is 427 g/mol. The van der Waals surface area contributed by atoms with Gasteiger partial charge in [0.2, 0.25) is 5.91 Å². The summed E-state index contributed by atoms with van der Waals surface area (Å²) in [6, 6.07) is 18.5. The molecule has 0 atom stereocenters. The molecule has 0 saturated heterocycles. The Labute approximate surface area is 185 Å². The smallest absolute Gasteiger partial charge is 0.222 e. The molecule has 32 heavy (non-hydrogen) atoms. The molecule has 0 aliphatic heterocycles. The fourth-order valence-corrected chi connectivity index (χ4v) is 3.12. The predicted octanol–water partition coefficient (Wildman–Crippen LogP) is 4.17. The van der Waals surface area contributed by atoms with Crippen LogP contribution in [-0.2, 0) is 4.79 Å². The van der Waals surface area contributed by atoms with E-state index in [2.05, 4.69) is 22.6 Å². The van der Waals surface area contributed by atoms with Gasteiger partial charge in [-0.15, -0.1) is 0 Å². The first-order valence-corrected chi connectivity index (χ1v) is 9.81. The Hall–Kier alpha value is -4.56. The number of benzene rings is 2. The van der Waals surface area contributed by atoms with E-state index in [1.54, 1.807) is 43.5 Å². The topological polar surface area (TPSA) is 113 Å². The molecular formula is C24H21N5O3. The van der Waals surface area contributed by atoms with E-state index < -0.39 is 0 Å². The molecule has 1 amide bonds. The molecule has 3 aromatic rings. The Morgan fingerprint density at radius 3 is 2.53 bits per heavy atom. The van der Waals surface area contributed by atoms with E-state index in [9.17, 15) is 15.3 Å². The lowest BCUT2D eigenvalue weighted by Gasteiger charge is -2.09. The molecule has 0 aliphatic rings. The van der Waals surface area contributed by atoms with E-state index in [1.165, 1.54) is 11.6 Å². The average molecular weight is 427 g/mol. The van der Waals surface area contributed by atoms with E-state index in [0.29, 0.717) is 29.4 Å². The molecule has 0 bridgehead atoms. The lowest BCUT2D eigenvalue weighted by Crippen LogP contribution is -2.12. The number of hydrogen-bond donors (Lipinski definition) is 1. The van der Waals surface area contributed by atoms with Crippen molar-refractivity contribution in [3.8, 4) is 29.3 Å². The first-order chi connectivity index (χ1) is 15.5. The maximum atomic E-state index is 11.8. The van der Waals surface area contributed by atoms with Gasteiger partial charge in [0.25, 0.3) is 0 Å². The fraction of sp³-hybridized carbons (Fsp3) is 0.167. The third-order valence-electron chi connectivity index (χ3n) is 4.47. The lowest BCUT2D eigenvalue weighted by atomic mass is 10.1. The molecule has 3 rings (SSSR count). The lowest BCUT2D eigenvalue weighted by molar-refractivity contribution is -0.114. The van der Waals surface area contributed by atoms with E-state index in [1.807, 2.05) is 25.1 Å². The van der Waals surface area contributed by atoms with Gasteiger partial charge >= 0.3 is 0 Å². The van der Waals surface area contributed by atoms with Crippen molar-refractivity contribution < 1.29 is 14.3 Å². The van der Waals surface area contributed by atoms with E-state index in [4.69, 9.17) is 9.47 Å². The number of nitrogens with zero attached hydrogens (tertiary/aromatic N) is 4. The zero-order chi connectivity index (χ0) is 23.1. The van der Waals surface area contributed by atoms with Gasteiger partial charge < -0.3 is 14.8 Å². The van der Waals surface area contributed by atoms with E-state index in [0.717, 1.165) is 0 Å². The maximum absolute atomic E-state index is 11.8. The molecule has 1 N–H and O–H groups in total. The summed E-state index contributed by atoms with van der Waals surface area (Å²) >= 11 is 0. The summed E-state index contributed by atoms with van der Waals surface area (Å²) in [5.74, 6) is 0.952. The minimum atomic E-state index is -0.357. The van der Waals surface area contributed by atoms with Crippen LogP contribution in [0, 0.1) is 22.7 Å². The van der Waals surface area contributed by atoms with Crippen LogP contribution in [0.3, 0.4) is 0 Å². The summed E-state index contributed by atoms with van der Waals surface area (Å²) in [4.78, 5) is 11.8. The number of ether oxygens (including phenoxy) is 2. The number of rotatable bonds is 7. The molecule has 0 unspecified atom stereocenters. The number of carbonyl (C=O) groups excluding carboxylic acids is 1. The highest BCUT2D eigenvalue weighted by Crippen LogP contribution is 2.32. The van der Waals surface area contributed by atoms with Gasteiger partial charge in [-0.1, -0.05) is 24.3 Å². The Morgan fingerprint density at radius 2 is 1.94 bits per heavy atom. The average Bonchev–Trinajstić information content (AvgIpc) is 3.15. The van der Waals surface area contributed by atoms with Crippen LogP contribution in [0.4, 0.5) is 5.82 Å². The molecular weight excluding hydrogens is 406 g/mol. The number of anilines is 1. The number of allylic oxidation sites excluding steroid dienone is 1. The Balaban J connectivity index is 2.18. The van der Waals surface area contributed by atoms with Crippen molar-refractivity contribution in [2.75, 3.05) is 19.0 Å². The number of methoxy groups -OCH3 is 1. The van der Waals surface area contributed by atoms with Crippen LogP contribution >= 0.6 is 0 Å². The minimum absolute atomic E-state index is 0.0930. The summed E-state index contributed by atoms with van der Waals surface area (Å²) in [5, 5.41) is 26.9. The first-order valence-electron chi connectivity index (χ1n) is 9.81. The maximum Gasteiger partial charge on any atom is 0.222 e. The van der Waals surface area contributed by atoms with Gasteiger partial charge in [0, 0.05) is 6.92 Å². The number of aromatic nitrogens is 2. The van der Waals surface area contributed by atoms with E-state index in [-0.39, 0.29) is 28.6 Å². The van der Waals surface area contributed by atoms with Crippen LogP contribution in [0.5, 0.6) is 11.5 Å². The van der Waals surface area contributed by atoms with Crippen LogP contribution in [0.1, 0.15) is 30.7 Å². The normalized spacial score (nSPS) is 10.7. The summed E-state index contributed by atoms with van der Waals surface area (Å²) in [7, 11) is 1.55. The van der Waals surface area contributed by atoms with Gasteiger partial charge in [-0.05, 0) is 42.8 Å². The van der Waals surface area contributed by atoms with Crippen LogP contribution < -0.4 is 14.8 Å². The number of carbonyl (C=O) groups is 1. The third-order valence-corrected chi connectivity index (χ3v) is 4.47. The molecule has 0 spiro atoms. The highest BCUT2D eigenvalue weighted by atomic mass is 16.5. The molecule has 0 saturated carbocycles. The standard InChI is InChI=1S/C24H21N5O3/c1-4-32-22-13-17(10-11-21(22)31-3)12-18(14-25)23-20(15-26)24(27-16(2)30)29(28-23)19-8-6-5-7-9-19/h5-13H,4H2,1-3H3,(H,27,30). The Kier molecular flexibility index (Phi) is 6.89. The quantitative estimate of drug-likeness (QED) is 0.566. The number of para-hydroxylation sites is 1. The molecule has 1 heterocycles. The van der Waals surface area contributed by atoms with Crippen LogP contribution in [-0.4, -0.2) is 29.4 Å². The highest BCUT2D eigenvalue weighted by Gasteiger charge is 2.22. The molecule has 8 heteroatoms. The summed E-state index contributed by atoms with van der Waals surface area (Å²) in [5.41, 5.74) is 1.73. The van der Waals surface area contributed by atoms with Crippen LogP contribution in [0.15, 0.2) is 48.5 Å². The second kappa shape index (κ2) is 9.96. The second-order valence-corrected chi connectivity index (χ2v) is 6.63. The van der Waals surface area contributed by atoms with Gasteiger partial charge in [-0.3, -0.25) is 4.79 Å². The van der Waals surface area contributed by atoms with Gasteiger partial charge in [-0.2, -0.15) is 15.6 Å². The van der Waals surface area contributed by atoms with Crippen molar-refractivity contribution in [3.05, 3.63) is 65.4 Å². The van der Waals surface area contributed by atoms with Crippen molar-refractivity contribution in [2.45, 2.75) is 13.8 Å². The van der Waals surface area contributed by atoms with Crippen molar-refractivity contribution >= 4 is 23.4 Å². The summed E-state index contributed by atoms with van der Waals surface area (Å²) < 4.78 is 12.3. The molecule has 2 aromatic carbocycles. The van der Waals surface area contributed by atoms with Crippen molar-refractivity contribution in [1.29, 1.82) is 10.5 Å². The second-order valence-electron chi connectivity index (χ2n) is 6.63. The first kappa shape index (κ1) is 22.1. The van der Waals surface area contributed by atoms with Gasteiger partial charge in [0.1, 0.15) is 23.4 Å². The minimum Gasteiger partial charge on any atom is -0.493 e. The molecule has 8 nitrogen and oxygen atoms in total. The number of nitrogens with one attached hydrogen (secondary N) is 1. The van der Waals surface area contributed by atoms with Crippen LogP contribution in [0.25, 0.3) is 17.3 Å². The SMILES string of the molecule is CCOc1cc(C=C(C#N)c2nn(-c3ccccc3)c(NC(C)=O)c2C#N)ccc1OC. The molecule has 0 aliphatic carbocycles. The summed E-state index contributed by atoms with van der Waals surface area (Å²) in [6.07, 6.45) is 1.61. The van der Waals surface area contributed by atoms with Crippen molar-refractivity contribution in [2.24, 2.45) is 0 Å². The Bertz CT molecular complexity index is 1250. The largest absolute Gasteiger partial charge is 0.493 e. The molecule has 160 valence electrons. The number of amides is 1.